The van der Waals surface area contributed by atoms with Crippen LogP contribution in [0.4, 0.5) is 0 Å². The third kappa shape index (κ3) is 5.03. The molecule has 0 aliphatic carbocycles. The number of unbranched alkanes of at least 4 members (excludes halogenated alkanes) is 5. The SMILES string of the molecule is CCCCCCCCn1ccc(CO)c1. The lowest BCUT2D eigenvalue weighted by molar-refractivity contribution is 0.281. The predicted octanol–water partition coefficient (Wildman–Crippen LogP) is 3.34. The van der Waals surface area contributed by atoms with Gasteiger partial charge in [-0.2, -0.15) is 0 Å². The van der Waals surface area contributed by atoms with Crippen LogP contribution in [-0.4, -0.2) is 9.67 Å². The number of aryl methyl sites for hydroxylation is 1. The Hall–Kier alpha value is -0.760. The highest BCUT2D eigenvalue weighted by Crippen LogP contribution is 2.07. The molecule has 1 heterocycles. The highest BCUT2D eigenvalue weighted by molar-refractivity contribution is 5.08. The van der Waals surface area contributed by atoms with E-state index in [1.54, 1.807) is 0 Å². The Kier molecular flexibility index (Phi) is 6.17. The average molecular weight is 209 g/mol. The molecule has 0 fully saturated rings. The van der Waals surface area contributed by atoms with Gasteiger partial charge in [0.15, 0.2) is 0 Å². The summed E-state index contributed by atoms with van der Waals surface area (Å²) in [5.74, 6) is 0. The molecule has 0 saturated carbocycles. The molecule has 0 amide bonds. The van der Waals surface area contributed by atoms with E-state index in [0.717, 1.165) is 12.1 Å². The number of aliphatic hydroxyl groups excluding tert-OH is 1. The van der Waals surface area contributed by atoms with Crippen LogP contribution in [0.3, 0.4) is 0 Å². The van der Waals surface area contributed by atoms with Crippen molar-refractivity contribution in [2.45, 2.75) is 58.6 Å². The Morgan fingerprint density at radius 1 is 1.13 bits per heavy atom. The fourth-order valence-corrected chi connectivity index (χ4v) is 1.80. The van der Waals surface area contributed by atoms with Crippen LogP contribution in [0.25, 0.3) is 0 Å². The molecule has 1 aromatic heterocycles. The van der Waals surface area contributed by atoms with Crippen molar-refractivity contribution in [2.75, 3.05) is 0 Å². The van der Waals surface area contributed by atoms with Crippen molar-refractivity contribution in [2.24, 2.45) is 0 Å². The lowest BCUT2D eigenvalue weighted by Gasteiger charge is -2.02. The number of hydrogen-bond acceptors (Lipinski definition) is 1. The van der Waals surface area contributed by atoms with Gasteiger partial charge in [-0.05, 0) is 18.1 Å². The molecule has 0 aliphatic heterocycles. The van der Waals surface area contributed by atoms with E-state index in [2.05, 4.69) is 17.7 Å². The van der Waals surface area contributed by atoms with Crippen molar-refractivity contribution in [1.29, 1.82) is 0 Å². The number of hydrogen-bond donors (Lipinski definition) is 1. The standard InChI is InChI=1S/C13H23NO/c1-2-3-4-5-6-7-9-14-10-8-13(11-14)12-15/h8,10-11,15H,2-7,9,12H2,1H3. The summed E-state index contributed by atoms with van der Waals surface area (Å²) in [4.78, 5) is 0. The molecular formula is C13H23NO. The maximum atomic E-state index is 8.91. The van der Waals surface area contributed by atoms with Crippen LogP contribution in [-0.2, 0) is 13.2 Å². The fraction of sp³-hybridized carbons (Fsp3) is 0.692. The van der Waals surface area contributed by atoms with E-state index in [0.29, 0.717) is 0 Å². The second kappa shape index (κ2) is 7.52. The molecule has 0 aromatic carbocycles. The van der Waals surface area contributed by atoms with E-state index in [4.69, 9.17) is 5.11 Å². The third-order valence-corrected chi connectivity index (χ3v) is 2.76. The lowest BCUT2D eigenvalue weighted by atomic mass is 10.1. The van der Waals surface area contributed by atoms with Crippen LogP contribution in [0, 0.1) is 0 Å². The molecule has 1 aromatic rings. The van der Waals surface area contributed by atoms with Crippen LogP contribution in [0.2, 0.25) is 0 Å². The van der Waals surface area contributed by atoms with E-state index < -0.39 is 0 Å². The lowest BCUT2D eigenvalue weighted by Crippen LogP contribution is -1.94. The molecule has 0 bridgehead atoms. The van der Waals surface area contributed by atoms with Gasteiger partial charge in [-0.15, -0.1) is 0 Å². The number of rotatable bonds is 8. The highest BCUT2D eigenvalue weighted by atomic mass is 16.3. The van der Waals surface area contributed by atoms with Crippen molar-refractivity contribution < 1.29 is 5.11 Å². The number of nitrogens with zero attached hydrogens (tertiary/aromatic N) is 1. The molecule has 0 radical (unpaired) electrons. The van der Waals surface area contributed by atoms with E-state index in [9.17, 15) is 0 Å². The third-order valence-electron chi connectivity index (χ3n) is 2.76. The highest BCUT2D eigenvalue weighted by Gasteiger charge is 1.95. The molecule has 2 nitrogen and oxygen atoms in total. The molecule has 0 atom stereocenters. The monoisotopic (exact) mass is 209 g/mol. The molecule has 1 rings (SSSR count). The van der Waals surface area contributed by atoms with Gasteiger partial charge in [0, 0.05) is 18.9 Å². The molecule has 0 aliphatic rings. The van der Waals surface area contributed by atoms with Gasteiger partial charge in [-0.1, -0.05) is 39.0 Å². The zero-order chi connectivity index (χ0) is 10.9. The van der Waals surface area contributed by atoms with Gasteiger partial charge in [0.05, 0.1) is 6.61 Å². The van der Waals surface area contributed by atoms with E-state index >= 15 is 0 Å². The van der Waals surface area contributed by atoms with Gasteiger partial charge in [-0.25, -0.2) is 0 Å². The minimum atomic E-state index is 0.156. The molecule has 15 heavy (non-hydrogen) atoms. The van der Waals surface area contributed by atoms with Crippen LogP contribution >= 0.6 is 0 Å². The maximum absolute atomic E-state index is 8.91. The summed E-state index contributed by atoms with van der Waals surface area (Å²) < 4.78 is 2.17. The van der Waals surface area contributed by atoms with Gasteiger partial charge in [0.1, 0.15) is 0 Å². The van der Waals surface area contributed by atoms with Gasteiger partial charge in [0.2, 0.25) is 0 Å². The summed E-state index contributed by atoms with van der Waals surface area (Å²) >= 11 is 0. The summed E-state index contributed by atoms with van der Waals surface area (Å²) in [5, 5.41) is 8.91. The Balaban J connectivity index is 2.04. The van der Waals surface area contributed by atoms with Crippen molar-refractivity contribution >= 4 is 0 Å². The first kappa shape index (κ1) is 12.3. The molecule has 1 N–H and O–H groups in total. The Bertz CT molecular complexity index is 255. The Morgan fingerprint density at radius 2 is 1.87 bits per heavy atom. The first-order chi connectivity index (χ1) is 7.36. The number of aromatic nitrogens is 1. The maximum Gasteiger partial charge on any atom is 0.0696 e. The molecule has 0 unspecified atom stereocenters. The van der Waals surface area contributed by atoms with E-state index in [1.807, 2.05) is 12.3 Å². The van der Waals surface area contributed by atoms with Crippen LogP contribution in [0.5, 0.6) is 0 Å². The smallest absolute Gasteiger partial charge is 0.0696 e. The number of aliphatic hydroxyl groups is 1. The van der Waals surface area contributed by atoms with Gasteiger partial charge in [0.25, 0.3) is 0 Å². The summed E-state index contributed by atoms with van der Waals surface area (Å²) in [5.41, 5.74) is 1.01. The summed E-state index contributed by atoms with van der Waals surface area (Å²) in [7, 11) is 0. The quantitative estimate of drug-likeness (QED) is 0.653. The molecule has 86 valence electrons. The normalized spacial score (nSPS) is 10.8. The minimum absolute atomic E-state index is 0.156. The summed E-state index contributed by atoms with van der Waals surface area (Å²) in [6.45, 7) is 3.49. The predicted molar refractivity (Wildman–Crippen MR) is 63.7 cm³/mol. The summed E-state index contributed by atoms with van der Waals surface area (Å²) in [6, 6.07) is 1.98. The second-order valence-electron chi connectivity index (χ2n) is 4.18. The minimum Gasteiger partial charge on any atom is -0.392 e. The molecular weight excluding hydrogens is 186 g/mol. The zero-order valence-corrected chi connectivity index (χ0v) is 9.78. The zero-order valence-electron chi connectivity index (χ0n) is 9.78. The molecule has 0 saturated heterocycles. The Morgan fingerprint density at radius 3 is 2.53 bits per heavy atom. The first-order valence-corrected chi connectivity index (χ1v) is 6.12. The second-order valence-corrected chi connectivity index (χ2v) is 4.18. The fourth-order valence-electron chi connectivity index (χ4n) is 1.80. The van der Waals surface area contributed by atoms with Gasteiger partial charge < -0.3 is 9.67 Å². The van der Waals surface area contributed by atoms with Crippen LogP contribution in [0.1, 0.15) is 51.0 Å². The molecule has 0 spiro atoms. The molecule has 2 heteroatoms. The van der Waals surface area contributed by atoms with E-state index in [1.165, 1.54) is 38.5 Å². The van der Waals surface area contributed by atoms with Crippen molar-refractivity contribution in [3.8, 4) is 0 Å². The van der Waals surface area contributed by atoms with Crippen LogP contribution < -0.4 is 0 Å². The van der Waals surface area contributed by atoms with Crippen molar-refractivity contribution in [3.63, 3.8) is 0 Å². The van der Waals surface area contributed by atoms with Crippen LogP contribution in [0.15, 0.2) is 18.5 Å². The van der Waals surface area contributed by atoms with Gasteiger partial charge in [-0.3, -0.25) is 0 Å². The first-order valence-electron chi connectivity index (χ1n) is 6.12. The van der Waals surface area contributed by atoms with E-state index in [-0.39, 0.29) is 6.61 Å². The van der Waals surface area contributed by atoms with Crippen molar-refractivity contribution in [3.05, 3.63) is 24.0 Å². The average Bonchev–Trinajstić information content (AvgIpc) is 2.71. The topological polar surface area (TPSA) is 25.2 Å². The van der Waals surface area contributed by atoms with Gasteiger partial charge >= 0.3 is 0 Å². The largest absolute Gasteiger partial charge is 0.392 e. The van der Waals surface area contributed by atoms with Crippen molar-refractivity contribution in [1.82, 2.24) is 4.57 Å². The Labute approximate surface area is 92.9 Å². The summed E-state index contributed by atoms with van der Waals surface area (Å²) in [6.07, 6.45) is 12.1.